The van der Waals surface area contributed by atoms with Gasteiger partial charge in [0.05, 0.1) is 11.2 Å². The minimum Gasteiger partial charge on any atom is -0.366 e. The van der Waals surface area contributed by atoms with Gasteiger partial charge < -0.3 is 10.1 Å². The van der Waals surface area contributed by atoms with Crippen LogP contribution in [0.5, 0.6) is 0 Å². The van der Waals surface area contributed by atoms with E-state index in [0.717, 1.165) is 19.0 Å². The van der Waals surface area contributed by atoms with Crippen LogP contribution in [0.25, 0.3) is 0 Å². The van der Waals surface area contributed by atoms with Crippen molar-refractivity contribution in [3.05, 3.63) is 0 Å². The number of ether oxygens (including phenoxy) is 1. The molecule has 106 valence electrons. The van der Waals surface area contributed by atoms with Gasteiger partial charge in [-0.2, -0.15) is 0 Å². The van der Waals surface area contributed by atoms with Crippen LogP contribution in [-0.2, 0) is 4.74 Å². The fourth-order valence-corrected chi connectivity index (χ4v) is 3.61. The Bertz CT molecular complexity index is 268. The minimum absolute atomic E-state index is 0.0237. The Morgan fingerprint density at radius 3 is 2.44 bits per heavy atom. The summed E-state index contributed by atoms with van der Waals surface area (Å²) < 4.78 is 6.63. The lowest BCUT2D eigenvalue weighted by Crippen LogP contribution is -2.62. The van der Waals surface area contributed by atoms with E-state index in [9.17, 15) is 0 Å². The van der Waals surface area contributed by atoms with Gasteiger partial charge in [-0.25, -0.2) is 0 Å². The number of rotatable bonds is 3. The van der Waals surface area contributed by atoms with Crippen molar-refractivity contribution in [1.82, 2.24) is 5.32 Å². The quantitative estimate of drug-likeness (QED) is 0.827. The molecule has 2 nitrogen and oxygen atoms in total. The van der Waals surface area contributed by atoms with Crippen molar-refractivity contribution in [3.8, 4) is 0 Å². The summed E-state index contributed by atoms with van der Waals surface area (Å²) in [5.41, 5.74) is 0.164. The molecule has 1 heterocycles. The fraction of sp³-hybridized carbons (Fsp3) is 1.00. The summed E-state index contributed by atoms with van der Waals surface area (Å²) in [4.78, 5) is 0. The van der Waals surface area contributed by atoms with Gasteiger partial charge in [0.25, 0.3) is 0 Å². The van der Waals surface area contributed by atoms with Gasteiger partial charge in [0.1, 0.15) is 0 Å². The van der Waals surface area contributed by atoms with Crippen LogP contribution in [-0.4, -0.2) is 24.3 Å². The summed E-state index contributed by atoms with van der Waals surface area (Å²) in [5.74, 6) is 1.53. The van der Waals surface area contributed by atoms with Gasteiger partial charge in [0.15, 0.2) is 0 Å². The zero-order valence-corrected chi connectivity index (χ0v) is 12.7. The monoisotopic (exact) mass is 253 g/mol. The number of nitrogens with one attached hydrogen (secondary N) is 1. The molecule has 2 fully saturated rings. The second-order valence-electron chi connectivity index (χ2n) is 7.09. The van der Waals surface area contributed by atoms with Crippen LogP contribution in [0.2, 0.25) is 0 Å². The van der Waals surface area contributed by atoms with E-state index in [4.69, 9.17) is 4.74 Å². The molecule has 1 saturated carbocycles. The summed E-state index contributed by atoms with van der Waals surface area (Å²) in [7, 11) is 0. The molecule has 0 aromatic rings. The zero-order chi connectivity index (χ0) is 13.2. The average molecular weight is 253 g/mol. The summed E-state index contributed by atoms with van der Waals surface area (Å²) in [6, 6.07) is 0. The first kappa shape index (κ1) is 14.3. The van der Waals surface area contributed by atoms with Gasteiger partial charge in [-0.15, -0.1) is 0 Å². The third-order valence-corrected chi connectivity index (χ3v) is 5.31. The van der Waals surface area contributed by atoms with Crippen LogP contribution in [0.3, 0.4) is 0 Å². The molecule has 1 spiro atoms. The molecule has 2 rings (SSSR count). The molecule has 18 heavy (non-hydrogen) atoms. The summed E-state index contributed by atoms with van der Waals surface area (Å²) in [6.07, 6.45) is 7.98. The highest BCUT2D eigenvalue weighted by Gasteiger charge is 2.46. The maximum atomic E-state index is 6.63. The molecule has 0 radical (unpaired) electrons. The third kappa shape index (κ3) is 2.91. The molecule has 1 N–H and O–H groups in total. The first-order chi connectivity index (χ1) is 8.50. The molecule has 2 heteroatoms. The molecule has 1 saturated heterocycles. The van der Waals surface area contributed by atoms with Gasteiger partial charge in [-0.05, 0) is 44.4 Å². The first-order valence-electron chi connectivity index (χ1n) is 7.90. The molecule has 0 aromatic heterocycles. The van der Waals surface area contributed by atoms with E-state index < -0.39 is 0 Å². The van der Waals surface area contributed by atoms with Gasteiger partial charge in [-0.1, -0.05) is 33.6 Å². The third-order valence-electron chi connectivity index (χ3n) is 5.31. The van der Waals surface area contributed by atoms with Crippen molar-refractivity contribution in [2.45, 2.75) is 77.4 Å². The highest BCUT2D eigenvalue weighted by Crippen LogP contribution is 2.42. The molecule has 1 aliphatic carbocycles. The zero-order valence-electron chi connectivity index (χ0n) is 12.7. The molecule has 1 aliphatic heterocycles. The van der Waals surface area contributed by atoms with Crippen LogP contribution in [0.4, 0.5) is 0 Å². The average Bonchev–Trinajstić information content (AvgIpc) is 2.33. The van der Waals surface area contributed by atoms with Crippen molar-refractivity contribution in [3.63, 3.8) is 0 Å². The van der Waals surface area contributed by atoms with E-state index in [0.29, 0.717) is 5.92 Å². The largest absolute Gasteiger partial charge is 0.366 e. The summed E-state index contributed by atoms with van der Waals surface area (Å²) >= 11 is 0. The predicted molar refractivity (Wildman–Crippen MR) is 76.8 cm³/mol. The molecule has 0 amide bonds. The van der Waals surface area contributed by atoms with Crippen LogP contribution in [0.1, 0.15) is 66.2 Å². The Kier molecular flexibility index (Phi) is 4.38. The van der Waals surface area contributed by atoms with Crippen molar-refractivity contribution < 1.29 is 4.74 Å². The second kappa shape index (κ2) is 5.50. The van der Waals surface area contributed by atoms with E-state index in [1.165, 1.54) is 38.5 Å². The topological polar surface area (TPSA) is 21.3 Å². The molecular formula is C16H31NO. The molecule has 0 bridgehead atoms. The number of hydrogen-bond donors (Lipinski definition) is 1. The maximum absolute atomic E-state index is 6.63. The maximum Gasteiger partial charge on any atom is 0.0814 e. The number of hydrogen-bond acceptors (Lipinski definition) is 2. The predicted octanol–water partition coefficient (Wildman–Crippen LogP) is 3.75. The van der Waals surface area contributed by atoms with E-state index in [1.807, 2.05) is 0 Å². The van der Waals surface area contributed by atoms with E-state index in [-0.39, 0.29) is 11.2 Å². The van der Waals surface area contributed by atoms with Crippen LogP contribution < -0.4 is 5.32 Å². The Morgan fingerprint density at radius 2 is 1.89 bits per heavy atom. The van der Waals surface area contributed by atoms with Crippen LogP contribution >= 0.6 is 0 Å². The Morgan fingerprint density at radius 1 is 1.22 bits per heavy atom. The summed E-state index contributed by atoms with van der Waals surface area (Å²) in [6.45, 7) is 11.2. The van der Waals surface area contributed by atoms with Crippen LogP contribution in [0, 0.1) is 11.8 Å². The Labute approximate surface area is 113 Å². The normalized spacial score (nSPS) is 41.5. The molecule has 1 unspecified atom stereocenters. The summed E-state index contributed by atoms with van der Waals surface area (Å²) in [5, 5.41) is 3.64. The van der Waals surface area contributed by atoms with E-state index in [2.05, 4.69) is 33.0 Å². The fourth-order valence-electron chi connectivity index (χ4n) is 3.61. The smallest absolute Gasteiger partial charge is 0.0814 e. The van der Waals surface area contributed by atoms with Crippen molar-refractivity contribution in [1.29, 1.82) is 0 Å². The highest BCUT2D eigenvalue weighted by atomic mass is 16.5. The lowest BCUT2D eigenvalue weighted by atomic mass is 9.75. The van der Waals surface area contributed by atoms with E-state index >= 15 is 0 Å². The highest BCUT2D eigenvalue weighted by molar-refractivity contribution is 4.98. The Balaban J connectivity index is 1.96. The van der Waals surface area contributed by atoms with Gasteiger partial charge in [-0.3, -0.25) is 0 Å². The molecule has 1 atom stereocenters. The second-order valence-corrected chi connectivity index (χ2v) is 7.09. The van der Waals surface area contributed by atoms with Gasteiger partial charge in [0, 0.05) is 13.1 Å². The molecule has 2 aliphatic rings. The van der Waals surface area contributed by atoms with Crippen molar-refractivity contribution >= 4 is 0 Å². The van der Waals surface area contributed by atoms with Gasteiger partial charge in [0.2, 0.25) is 0 Å². The van der Waals surface area contributed by atoms with Crippen molar-refractivity contribution in [2.24, 2.45) is 11.8 Å². The number of morpholine rings is 1. The van der Waals surface area contributed by atoms with Gasteiger partial charge >= 0.3 is 0 Å². The molecule has 0 aromatic carbocycles. The lowest BCUT2D eigenvalue weighted by Gasteiger charge is -2.51. The minimum atomic E-state index is 0.0237. The standard InChI is InChI=1S/C16H31NO/c1-5-6-14-7-9-16(10-8-14)12-17-11-15(4,18-16)13(2)3/h13-14,17H,5-12H2,1-4H3. The SMILES string of the molecule is CCCC1CCC2(CC1)CNCC(C)(C(C)C)O2. The van der Waals surface area contributed by atoms with Crippen molar-refractivity contribution in [2.75, 3.05) is 13.1 Å². The first-order valence-corrected chi connectivity index (χ1v) is 7.90. The van der Waals surface area contributed by atoms with Crippen LogP contribution in [0.15, 0.2) is 0 Å². The van der Waals surface area contributed by atoms with E-state index in [1.54, 1.807) is 0 Å². The Hall–Kier alpha value is -0.0800. The lowest BCUT2D eigenvalue weighted by molar-refractivity contribution is -0.203. The molecular weight excluding hydrogens is 222 g/mol.